The standard InChI is InChI=1S/C62H101O11P/c1-4-7-10-13-16-19-22-25-27-29-31-34-37-40-43-46-49-52-61(65)72-58(54-63)56-70-74(67,68)71-57-59(55-69-60(64)51-48-45-42-39-36-33-24-21-18-15-12-9-6-3)73-62(66)53-50-47-44-41-38-35-32-30-28-26-23-20-17-14-11-8-5-2/h7-8,10-12,15-17,19-21,24-28,31-32,34-35,58-59,63H,4-6,9,13-14,18,22-23,29-30,33,36-57H2,1-3H3,(H,67,68)/b10-7-,11-8-,15-12-,19-16-,20-17-,24-21-,27-25-,28-26-,34-31-,35-32-. The molecule has 0 aliphatic heterocycles. The average Bonchev–Trinajstić information content (AvgIpc) is 3.39. The summed E-state index contributed by atoms with van der Waals surface area (Å²) in [4.78, 5) is 48.5. The summed E-state index contributed by atoms with van der Waals surface area (Å²) in [6.07, 6.45) is 67.2. The number of carbonyl (C=O) groups is 3. The van der Waals surface area contributed by atoms with Crippen LogP contribution in [0.25, 0.3) is 0 Å². The Bertz CT molecular complexity index is 1700. The van der Waals surface area contributed by atoms with Crippen molar-refractivity contribution < 1.29 is 52.2 Å². The molecule has 0 bridgehead atoms. The Balaban J connectivity index is 4.80. The molecule has 0 amide bonds. The van der Waals surface area contributed by atoms with Crippen LogP contribution in [-0.2, 0) is 42.2 Å². The minimum atomic E-state index is -4.77. The van der Waals surface area contributed by atoms with Gasteiger partial charge in [0.25, 0.3) is 0 Å². The van der Waals surface area contributed by atoms with Crippen molar-refractivity contribution in [1.82, 2.24) is 0 Å². The van der Waals surface area contributed by atoms with Crippen LogP contribution in [0, 0.1) is 0 Å². The van der Waals surface area contributed by atoms with E-state index in [9.17, 15) is 28.9 Å². The molecule has 0 radical (unpaired) electrons. The van der Waals surface area contributed by atoms with E-state index < -0.39 is 57.8 Å². The first kappa shape index (κ1) is 69.9. The fourth-order valence-corrected chi connectivity index (χ4v) is 7.86. The number of hydrogen-bond acceptors (Lipinski definition) is 10. The molecule has 0 aliphatic carbocycles. The van der Waals surface area contributed by atoms with E-state index in [1.807, 2.05) is 0 Å². The second-order valence-corrected chi connectivity index (χ2v) is 19.8. The van der Waals surface area contributed by atoms with E-state index >= 15 is 0 Å². The van der Waals surface area contributed by atoms with Gasteiger partial charge in [0.1, 0.15) is 12.7 Å². The molecule has 0 aromatic rings. The highest BCUT2D eigenvalue weighted by Gasteiger charge is 2.28. The Kier molecular flexibility index (Phi) is 52.1. The average molecular weight is 1050 g/mol. The maximum atomic E-state index is 12.9. The highest BCUT2D eigenvalue weighted by Crippen LogP contribution is 2.43. The van der Waals surface area contributed by atoms with Gasteiger partial charge in [0.2, 0.25) is 0 Å². The molecule has 0 spiro atoms. The Morgan fingerprint density at radius 2 is 0.703 bits per heavy atom. The van der Waals surface area contributed by atoms with Crippen LogP contribution in [0.5, 0.6) is 0 Å². The highest BCUT2D eigenvalue weighted by atomic mass is 31.2. The third kappa shape index (κ3) is 52.7. The van der Waals surface area contributed by atoms with E-state index in [1.54, 1.807) is 0 Å². The van der Waals surface area contributed by atoms with E-state index in [0.29, 0.717) is 19.3 Å². The first-order valence-corrected chi connectivity index (χ1v) is 29.9. The number of esters is 3. The normalized spacial score (nSPS) is 14.3. The summed E-state index contributed by atoms with van der Waals surface area (Å²) in [5.74, 6) is -1.55. The number of aliphatic hydroxyl groups is 1. The number of ether oxygens (including phenoxy) is 3. The van der Waals surface area contributed by atoms with E-state index in [1.165, 1.54) is 0 Å². The minimum Gasteiger partial charge on any atom is -0.462 e. The van der Waals surface area contributed by atoms with Crippen LogP contribution in [0.3, 0.4) is 0 Å². The van der Waals surface area contributed by atoms with Crippen molar-refractivity contribution >= 4 is 25.7 Å². The van der Waals surface area contributed by atoms with Crippen molar-refractivity contribution in [2.24, 2.45) is 0 Å². The number of unbranched alkanes of at least 4 members (excludes halogenated alkanes) is 14. The molecule has 0 aromatic heterocycles. The van der Waals surface area contributed by atoms with Crippen LogP contribution >= 0.6 is 7.82 Å². The molecule has 3 unspecified atom stereocenters. The lowest BCUT2D eigenvalue weighted by Gasteiger charge is -2.21. The van der Waals surface area contributed by atoms with E-state index in [2.05, 4.69) is 142 Å². The Labute approximate surface area is 449 Å². The number of allylic oxidation sites excluding steroid dienone is 20. The lowest BCUT2D eigenvalue weighted by atomic mass is 10.1. The van der Waals surface area contributed by atoms with E-state index in [0.717, 1.165) is 154 Å². The van der Waals surface area contributed by atoms with Crippen molar-refractivity contribution in [3.63, 3.8) is 0 Å². The summed E-state index contributed by atoms with van der Waals surface area (Å²) in [5, 5.41) is 9.82. The Hall–Kier alpha value is -4.12. The molecule has 0 aromatic carbocycles. The van der Waals surface area contributed by atoms with Crippen molar-refractivity contribution in [2.75, 3.05) is 26.4 Å². The van der Waals surface area contributed by atoms with Gasteiger partial charge in [-0.25, -0.2) is 4.57 Å². The molecule has 0 fully saturated rings. The third-order valence-electron chi connectivity index (χ3n) is 11.3. The second kappa shape index (κ2) is 55.1. The van der Waals surface area contributed by atoms with Crippen molar-refractivity contribution in [3.8, 4) is 0 Å². The molecular formula is C62H101O11P. The third-order valence-corrected chi connectivity index (χ3v) is 12.3. The summed E-state index contributed by atoms with van der Waals surface area (Å²) >= 11 is 0. The van der Waals surface area contributed by atoms with Gasteiger partial charge in [-0.15, -0.1) is 0 Å². The first-order valence-electron chi connectivity index (χ1n) is 28.4. The first-order chi connectivity index (χ1) is 36.2. The molecule has 0 aliphatic rings. The molecule has 12 heteroatoms. The van der Waals surface area contributed by atoms with Gasteiger partial charge in [0, 0.05) is 19.3 Å². The molecule has 74 heavy (non-hydrogen) atoms. The fraction of sp³-hybridized carbons (Fsp3) is 0.629. The molecular weight excluding hydrogens is 952 g/mol. The lowest BCUT2D eigenvalue weighted by molar-refractivity contribution is -0.161. The number of rotatable bonds is 51. The second-order valence-electron chi connectivity index (χ2n) is 18.3. The van der Waals surface area contributed by atoms with Gasteiger partial charge in [-0.2, -0.15) is 0 Å². The number of aliphatic hydroxyl groups excluding tert-OH is 1. The van der Waals surface area contributed by atoms with Gasteiger partial charge in [-0.1, -0.05) is 194 Å². The molecule has 0 saturated heterocycles. The summed E-state index contributed by atoms with van der Waals surface area (Å²) < 4.78 is 39.5. The van der Waals surface area contributed by atoms with Crippen molar-refractivity contribution in [3.05, 3.63) is 122 Å². The smallest absolute Gasteiger partial charge is 0.462 e. The molecule has 2 N–H and O–H groups in total. The van der Waals surface area contributed by atoms with Gasteiger partial charge in [-0.05, 0) is 122 Å². The zero-order valence-corrected chi connectivity index (χ0v) is 47.2. The van der Waals surface area contributed by atoms with Gasteiger partial charge < -0.3 is 24.2 Å². The van der Waals surface area contributed by atoms with Gasteiger partial charge in [-0.3, -0.25) is 23.4 Å². The molecule has 0 rings (SSSR count). The predicted octanol–water partition coefficient (Wildman–Crippen LogP) is 16.8. The number of carbonyl (C=O) groups excluding carboxylic acids is 3. The SMILES string of the molecule is CC/C=C\C/C=C\C/C=C\C/C=C\CCCCCCC(=O)OC(CO)COP(=O)(O)OCC(COC(=O)CCCCCCC/C=C\C/C=C\CCC)OC(=O)CCCCCC/C=C\C/C=C\C/C=C\C/C=C\CC. The van der Waals surface area contributed by atoms with Crippen molar-refractivity contribution in [2.45, 2.75) is 226 Å². The molecule has 3 atom stereocenters. The zero-order chi connectivity index (χ0) is 54.1. The van der Waals surface area contributed by atoms with Crippen LogP contribution < -0.4 is 0 Å². The minimum absolute atomic E-state index is 0.128. The molecule has 0 heterocycles. The lowest BCUT2D eigenvalue weighted by Crippen LogP contribution is -2.30. The maximum absolute atomic E-state index is 12.9. The number of phosphoric ester groups is 1. The van der Waals surface area contributed by atoms with Crippen LogP contribution in [0.4, 0.5) is 0 Å². The fourth-order valence-electron chi connectivity index (χ4n) is 7.08. The maximum Gasteiger partial charge on any atom is 0.472 e. The topological polar surface area (TPSA) is 155 Å². The Morgan fingerprint density at radius 3 is 1.08 bits per heavy atom. The highest BCUT2D eigenvalue weighted by molar-refractivity contribution is 7.47. The predicted molar refractivity (Wildman–Crippen MR) is 306 cm³/mol. The summed E-state index contributed by atoms with van der Waals surface area (Å²) in [5.41, 5.74) is 0. The summed E-state index contributed by atoms with van der Waals surface area (Å²) in [6.45, 7) is 4.26. The van der Waals surface area contributed by atoms with Crippen molar-refractivity contribution in [1.29, 1.82) is 0 Å². The summed E-state index contributed by atoms with van der Waals surface area (Å²) in [6, 6.07) is 0. The van der Waals surface area contributed by atoms with Crippen LogP contribution in [0.15, 0.2) is 122 Å². The van der Waals surface area contributed by atoms with Crippen LogP contribution in [0.2, 0.25) is 0 Å². The molecule has 420 valence electrons. The zero-order valence-electron chi connectivity index (χ0n) is 46.3. The molecule has 11 nitrogen and oxygen atoms in total. The van der Waals surface area contributed by atoms with Crippen LogP contribution in [-0.4, -0.2) is 66.5 Å². The largest absolute Gasteiger partial charge is 0.472 e. The monoisotopic (exact) mass is 1050 g/mol. The molecule has 0 saturated carbocycles. The summed E-state index contributed by atoms with van der Waals surface area (Å²) in [7, 11) is -4.77. The number of phosphoric acid groups is 1. The van der Waals surface area contributed by atoms with E-state index in [-0.39, 0.29) is 25.9 Å². The van der Waals surface area contributed by atoms with Gasteiger partial charge >= 0.3 is 25.7 Å². The van der Waals surface area contributed by atoms with Crippen LogP contribution in [0.1, 0.15) is 213 Å². The Morgan fingerprint density at radius 1 is 0.392 bits per heavy atom. The van der Waals surface area contributed by atoms with Gasteiger partial charge in [0.15, 0.2) is 6.10 Å². The van der Waals surface area contributed by atoms with Gasteiger partial charge in [0.05, 0.1) is 19.8 Å². The quantitative estimate of drug-likeness (QED) is 0.0197. The number of hydrogen-bond donors (Lipinski definition) is 2. The van der Waals surface area contributed by atoms with E-state index in [4.69, 9.17) is 23.3 Å².